The fraction of sp³-hybridized carbons (Fsp3) is 0.460. The van der Waals surface area contributed by atoms with Crippen molar-refractivity contribution in [2.75, 3.05) is 13.1 Å². The highest BCUT2D eigenvalue weighted by Gasteiger charge is 2.38. The van der Waals surface area contributed by atoms with E-state index in [9.17, 15) is 65.9 Å². The van der Waals surface area contributed by atoms with Crippen molar-refractivity contribution >= 4 is 87.8 Å². The SMILES string of the molecule is CC(=O)N[C@@H](CCCNC(=N)N)C(=O)N[C@H]1CCC(=O)NC(=O)CC[C@@H](C(N)=O)NC(=O)[C@H](Cc2c[nH]c3ccccc23)NC(=O)[C@H](CCCNC(=N)N)NC(=O)[C@@H](Cc2ccccc2C(F)(F)F)NC(=O)[C@H](CCC(N)=O)NC1=O. The molecule has 1 fully saturated rings. The first-order valence-electron chi connectivity index (χ1n) is 25.6. The van der Waals surface area contributed by atoms with Gasteiger partial charge < -0.3 is 75.8 Å². The number of benzene rings is 2. The highest BCUT2D eigenvalue weighted by atomic mass is 19.4. The Morgan fingerprint density at radius 1 is 0.667 bits per heavy atom. The average Bonchev–Trinajstić information content (AvgIpc) is 3.83. The van der Waals surface area contributed by atoms with Gasteiger partial charge in [-0.3, -0.25) is 68.9 Å². The molecule has 7 atom stereocenters. The number of carbonyl (C=O) groups excluding carboxylic acids is 11. The Bertz CT molecular complexity index is 2830. The second-order valence-electron chi connectivity index (χ2n) is 19.0. The van der Waals surface area contributed by atoms with Gasteiger partial charge in [-0.2, -0.15) is 13.2 Å². The van der Waals surface area contributed by atoms with Crippen LogP contribution in [0, 0.1) is 10.8 Å². The third kappa shape index (κ3) is 21.4. The monoisotopic (exact) mass is 1140 g/mol. The van der Waals surface area contributed by atoms with Gasteiger partial charge >= 0.3 is 6.18 Å². The third-order valence-corrected chi connectivity index (χ3v) is 12.6. The molecule has 28 nitrogen and oxygen atoms in total. The first-order chi connectivity index (χ1) is 38.2. The van der Waals surface area contributed by atoms with Gasteiger partial charge in [0.1, 0.15) is 42.3 Å². The van der Waals surface area contributed by atoms with Crippen molar-refractivity contribution in [3.8, 4) is 0 Å². The molecule has 1 aliphatic rings. The number of alkyl halides is 3. The number of nitrogens with two attached hydrogens (primary N) is 4. The molecule has 11 amide bonds. The van der Waals surface area contributed by atoms with E-state index >= 15 is 0 Å². The zero-order chi connectivity index (χ0) is 60.0. The largest absolute Gasteiger partial charge is 0.416 e. The number of guanidine groups is 2. The predicted molar refractivity (Wildman–Crippen MR) is 284 cm³/mol. The normalized spacial score (nSPS) is 20.6. The molecule has 3 aromatic rings. The number of rotatable bonds is 19. The number of primary amides is 2. The second-order valence-corrected chi connectivity index (χ2v) is 19.0. The van der Waals surface area contributed by atoms with Crippen LogP contribution in [0.4, 0.5) is 13.2 Å². The Hall–Kier alpha value is -9.32. The number of hydrogen-bond acceptors (Lipinski definition) is 13. The van der Waals surface area contributed by atoms with Crippen molar-refractivity contribution in [2.45, 2.75) is 132 Å². The van der Waals surface area contributed by atoms with Crippen LogP contribution >= 0.6 is 0 Å². The lowest BCUT2D eigenvalue weighted by molar-refractivity contribution is -0.139. The summed E-state index contributed by atoms with van der Waals surface area (Å²) in [4.78, 5) is 153. The van der Waals surface area contributed by atoms with Crippen molar-refractivity contribution in [3.63, 3.8) is 0 Å². The Morgan fingerprint density at radius 3 is 1.80 bits per heavy atom. The molecule has 0 saturated carbocycles. The van der Waals surface area contributed by atoms with Crippen molar-refractivity contribution in [3.05, 3.63) is 71.4 Å². The Morgan fingerprint density at radius 2 is 1.20 bits per heavy atom. The van der Waals surface area contributed by atoms with Crippen LogP contribution < -0.4 is 76.1 Å². The van der Waals surface area contributed by atoms with Crippen LogP contribution in [-0.2, 0) is 71.8 Å². The number of hydrogen-bond donors (Lipinski definition) is 17. The van der Waals surface area contributed by atoms with E-state index in [0.29, 0.717) is 22.5 Å². The number of para-hydroxylation sites is 1. The summed E-state index contributed by atoms with van der Waals surface area (Å²) in [5, 5.41) is 39.6. The average molecular weight is 1140 g/mol. The van der Waals surface area contributed by atoms with Gasteiger partial charge in [-0.25, -0.2) is 0 Å². The van der Waals surface area contributed by atoms with Crippen LogP contribution in [0.3, 0.4) is 0 Å². The van der Waals surface area contributed by atoms with Crippen LogP contribution in [0.2, 0.25) is 0 Å². The minimum absolute atomic E-state index is 0.0406. The van der Waals surface area contributed by atoms with Crippen molar-refractivity contribution in [1.82, 2.24) is 58.2 Å². The van der Waals surface area contributed by atoms with E-state index in [0.717, 1.165) is 19.1 Å². The number of amides is 11. The molecule has 4 rings (SSSR count). The first-order valence-corrected chi connectivity index (χ1v) is 25.6. The van der Waals surface area contributed by atoms with E-state index in [1.54, 1.807) is 30.5 Å². The lowest BCUT2D eigenvalue weighted by Crippen LogP contribution is -2.60. The number of halogens is 3. The van der Waals surface area contributed by atoms with E-state index < -0.39 is 175 Å². The Kier molecular flexibility index (Phi) is 24.4. The third-order valence-electron chi connectivity index (χ3n) is 12.6. The molecule has 0 unspecified atom stereocenters. The zero-order valence-corrected chi connectivity index (χ0v) is 44.1. The highest BCUT2D eigenvalue weighted by molar-refractivity contribution is 5.99. The topological polar surface area (TPSA) is 476 Å². The van der Waals surface area contributed by atoms with Crippen molar-refractivity contribution < 1.29 is 65.9 Å². The van der Waals surface area contributed by atoms with Crippen molar-refractivity contribution in [2.24, 2.45) is 22.9 Å². The summed E-state index contributed by atoms with van der Waals surface area (Å²) in [7, 11) is 0. The smallest absolute Gasteiger partial charge is 0.370 e. The van der Waals surface area contributed by atoms with Crippen LogP contribution in [0.1, 0.15) is 87.8 Å². The van der Waals surface area contributed by atoms with E-state index in [-0.39, 0.29) is 51.2 Å². The van der Waals surface area contributed by atoms with E-state index in [2.05, 4.69) is 58.2 Å². The zero-order valence-electron chi connectivity index (χ0n) is 44.1. The number of aromatic amines is 1. The molecular weight excluding hydrogens is 1070 g/mol. The van der Waals surface area contributed by atoms with Crippen molar-refractivity contribution in [1.29, 1.82) is 10.8 Å². The van der Waals surface area contributed by atoms with Gasteiger partial charge in [-0.15, -0.1) is 0 Å². The molecule has 2 aromatic carbocycles. The van der Waals surface area contributed by atoms with Crippen LogP contribution in [0.25, 0.3) is 10.9 Å². The van der Waals surface area contributed by atoms with Crippen LogP contribution in [-0.4, -0.2) is 137 Å². The molecule has 1 aromatic heterocycles. The van der Waals surface area contributed by atoms with Gasteiger partial charge in [0, 0.05) is 69.2 Å². The summed E-state index contributed by atoms with van der Waals surface area (Å²) in [6.45, 7) is 1.10. The molecule has 440 valence electrons. The van der Waals surface area contributed by atoms with Gasteiger partial charge in [0.25, 0.3) is 0 Å². The summed E-state index contributed by atoms with van der Waals surface area (Å²) in [5.74, 6) is -12.6. The number of aromatic nitrogens is 1. The maximum atomic E-state index is 14.7. The Labute approximate surface area is 461 Å². The molecule has 31 heteroatoms. The lowest BCUT2D eigenvalue weighted by atomic mass is 9.98. The molecule has 81 heavy (non-hydrogen) atoms. The number of H-pyrrole nitrogens is 1. The minimum atomic E-state index is -5.01. The van der Waals surface area contributed by atoms with Gasteiger partial charge in [0.15, 0.2) is 11.9 Å². The summed E-state index contributed by atoms with van der Waals surface area (Å²) < 4.78 is 43.6. The van der Waals surface area contributed by atoms with E-state index in [1.807, 2.05) is 0 Å². The second kappa shape index (κ2) is 30.7. The molecule has 0 aliphatic carbocycles. The summed E-state index contributed by atoms with van der Waals surface area (Å²) >= 11 is 0. The first kappa shape index (κ1) is 64.2. The maximum absolute atomic E-state index is 14.7. The standard InChI is InChI=1S/C50H68F3N17O11/c1-25(71)63-32(12-6-20-60-48(56)57)42(76)67-35-16-19-40(74)70-39(73)18-15-31(41(55)75)64-46(80)37(23-27-24-62-30-11-5-3-9-28(27)30)69-43(77)33(13-7-21-61-49(58)59)65-47(81)36(22-26-8-2-4-10-29(26)50(51,52)53)68-45(79)34(66-44(35)78)14-17-38(54)72/h2-5,8-11,24,31-37,62H,6-7,12-23H2,1H3,(H2,54,72)(H2,55,75)(H,63,71)(H,64,80)(H,65,81)(H,66,78)(H,67,76)(H,68,79)(H,69,77)(H4,56,57,60)(H4,58,59,61)(H,70,73,74)/t31-,32-,33-,34-,35-,36+,37-/m0/s1. The van der Waals surface area contributed by atoms with Gasteiger partial charge in [-0.05, 0) is 68.2 Å². The Balaban J connectivity index is 1.87. The lowest BCUT2D eigenvalue weighted by Gasteiger charge is -2.28. The highest BCUT2D eigenvalue weighted by Crippen LogP contribution is 2.32. The molecule has 0 radical (unpaired) electrons. The molecular formula is C50H68F3N17O11. The van der Waals surface area contributed by atoms with Gasteiger partial charge in [0.2, 0.25) is 65.0 Å². The van der Waals surface area contributed by atoms with E-state index in [4.69, 9.17) is 33.8 Å². The van der Waals surface area contributed by atoms with E-state index in [1.165, 1.54) is 6.07 Å². The fourth-order valence-electron chi connectivity index (χ4n) is 8.55. The molecule has 0 spiro atoms. The molecule has 1 saturated heterocycles. The number of nitrogens with one attached hydrogen (secondary N) is 13. The summed E-state index contributed by atoms with van der Waals surface area (Å²) in [5.41, 5.74) is 21.2. The quantitative estimate of drug-likeness (QED) is 0.0244. The minimum Gasteiger partial charge on any atom is -0.370 e. The molecule has 2 heterocycles. The fourth-order valence-corrected chi connectivity index (χ4v) is 8.55. The number of imide groups is 1. The maximum Gasteiger partial charge on any atom is 0.416 e. The van der Waals surface area contributed by atoms with Gasteiger partial charge in [0.05, 0.1) is 5.56 Å². The molecule has 21 N–H and O–H groups in total. The number of carbonyl (C=O) groups is 11. The molecule has 0 bridgehead atoms. The molecule has 1 aliphatic heterocycles. The number of fused-ring (bicyclic) bond motifs is 1. The summed E-state index contributed by atoms with van der Waals surface area (Å²) in [6.07, 6.45) is -8.74. The van der Waals surface area contributed by atoms with Gasteiger partial charge in [-0.1, -0.05) is 36.4 Å². The summed E-state index contributed by atoms with van der Waals surface area (Å²) in [6, 6.07) is -1.09. The van der Waals surface area contributed by atoms with Crippen LogP contribution in [0.5, 0.6) is 0 Å². The predicted octanol–water partition coefficient (Wildman–Crippen LogP) is -3.12. The van der Waals surface area contributed by atoms with Crippen LogP contribution in [0.15, 0.2) is 54.7 Å².